The Morgan fingerprint density at radius 2 is 2.00 bits per heavy atom. The van der Waals surface area contributed by atoms with Crippen LogP contribution in [-0.4, -0.2) is 40.2 Å². The average Bonchev–Trinajstić information content (AvgIpc) is 2.39. The van der Waals surface area contributed by atoms with Crippen molar-refractivity contribution in [3.63, 3.8) is 0 Å². The standard InChI is InChI=1S/C13H13N3O2S/c1-16(2)13(18)11-6-7-12(15-14-11)19-10-5-3-4-9(17)8-10/h3-8,17H,1-2H3. The first kappa shape index (κ1) is 13.4. The van der Waals surface area contributed by atoms with Gasteiger partial charge in [0.2, 0.25) is 0 Å². The molecule has 5 nitrogen and oxygen atoms in total. The van der Waals surface area contributed by atoms with E-state index in [-0.39, 0.29) is 11.7 Å². The number of aromatic hydroxyl groups is 1. The van der Waals surface area contributed by atoms with Gasteiger partial charge in [-0.2, -0.15) is 0 Å². The lowest BCUT2D eigenvalue weighted by Crippen LogP contribution is -2.23. The maximum atomic E-state index is 11.6. The largest absolute Gasteiger partial charge is 0.508 e. The van der Waals surface area contributed by atoms with Crippen molar-refractivity contribution in [2.24, 2.45) is 0 Å². The van der Waals surface area contributed by atoms with Gasteiger partial charge in [-0.05, 0) is 30.3 Å². The first-order valence-corrected chi connectivity index (χ1v) is 6.40. The topological polar surface area (TPSA) is 66.3 Å². The number of amides is 1. The molecule has 0 spiro atoms. The van der Waals surface area contributed by atoms with Gasteiger partial charge in [0.05, 0.1) is 0 Å². The summed E-state index contributed by atoms with van der Waals surface area (Å²) in [5, 5.41) is 17.9. The third kappa shape index (κ3) is 3.45. The van der Waals surface area contributed by atoms with E-state index in [1.165, 1.54) is 16.7 Å². The van der Waals surface area contributed by atoms with Crippen molar-refractivity contribution in [3.05, 3.63) is 42.1 Å². The molecule has 0 bridgehead atoms. The van der Waals surface area contributed by atoms with E-state index in [4.69, 9.17) is 0 Å². The molecule has 0 aliphatic carbocycles. The predicted molar refractivity (Wildman–Crippen MR) is 72.3 cm³/mol. The van der Waals surface area contributed by atoms with Crippen LogP contribution in [0.2, 0.25) is 0 Å². The van der Waals surface area contributed by atoms with Gasteiger partial charge < -0.3 is 10.0 Å². The summed E-state index contributed by atoms with van der Waals surface area (Å²) in [6.45, 7) is 0. The van der Waals surface area contributed by atoms with Crippen LogP contribution in [0.15, 0.2) is 46.3 Å². The molecule has 0 aliphatic rings. The molecular weight excluding hydrogens is 262 g/mol. The zero-order valence-electron chi connectivity index (χ0n) is 10.6. The van der Waals surface area contributed by atoms with E-state index in [2.05, 4.69) is 10.2 Å². The summed E-state index contributed by atoms with van der Waals surface area (Å²) >= 11 is 1.37. The van der Waals surface area contributed by atoms with Crippen molar-refractivity contribution >= 4 is 17.7 Å². The van der Waals surface area contributed by atoms with Crippen LogP contribution in [0.5, 0.6) is 5.75 Å². The van der Waals surface area contributed by atoms with E-state index in [0.717, 1.165) is 4.90 Å². The minimum absolute atomic E-state index is 0.179. The predicted octanol–water partition coefficient (Wildman–Crippen LogP) is 2.04. The third-order valence-electron chi connectivity index (χ3n) is 2.31. The highest BCUT2D eigenvalue weighted by Gasteiger charge is 2.10. The summed E-state index contributed by atoms with van der Waals surface area (Å²) in [6, 6.07) is 10.2. The number of carbonyl (C=O) groups excluding carboxylic acids is 1. The lowest BCUT2D eigenvalue weighted by molar-refractivity contribution is 0.0820. The second-order valence-corrected chi connectivity index (χ2v) is 5.15. The van der Waals surface area contributed by atoms with Gasteiger partial charge in [-0.25, -0.2) is 0 Å². The SMILES string of the molecule is CN(C)C(=O)c1ccc(Sc2cccc(O)c2)nn1. The molecule has 2 aromatic rings. The number of hydrogen-bond acceptors (Lipinski definition) is 5. The van der Waals surface area contributed by atoms with Crippen LogP contribution >= 0.6 is 11.8 Å². The molecular formula is C13H13N3O2S. The van der Waals surface area contributed by atoms with Crippen LogP contribution in [0.4, 0.5) is 0 Å². The Morgan fingerprint density at radius 3 is 2.58 bits per heavy atom. The zero-order valence-corrected chi connectivity index (χ0v) is 11.4. The van der Waals surface area contributed by atoms with Gasteiger partial charge in [0.15, 0.2) is 5.69 Å². The van der Waals surface area contributed by atoms with Crippen molar-refractivity contribution in [2.75, 3.05) is 14.1 Å². The summed E-state index contributed by atoms with van der Waals surface area (Å²) in [4.78, 5) is 14.0. The van der Waals surface area contributed by atoms with Gasteiger partial charge in [-0.3, -0.25) is 4.79 Å². The molecule has 0 radical (unpaired) electrons. The second-order valence-electron chi connectivity index (χ2n) is 4.06. The minimum atomic E-state index is -0.179. The first-order valence-electron chi connectivity index (χ1n) is 5.58. The lowest BCUT2D eigenvalue weighted by Gasteiger charge is -2.08. The summed E-state index contributed by atoms with van der Waals surface area (Å²) < 4.78 is 0. The van der Waals surface area contributed by atoms with Crippen LogP contribution < -0.4 is 0 Å². The number of hydrogen-bond donors (Lipinski definition) is 1. The Morgan fingerprint density at radius 1 is 1.21 bits per heavy atom. The molecule has 0 atom stereocenters. The number of rotatable bonds is 3. The van der Waals surface area contributed by atoms with Gasteiger partial charge in [-0.15, -0.1) is 10.2 Å². The van der Waals surface area contributed by atoms with Crippen molar-refractivity contribution in [1.29, 1.82) is 0 Å². The summed E-state index contributed by atoms with van der Waals surface area (Å²) in [5.41, 5.74) is 0.310. The molecule has 1 heterocycles. The van der Waals surface area contributed by atoms with Crippen molar-refractivity contribution in [3.8, 4) is 5.75 Å². The molecule has 1 N–H and O–H groups in total. The van der Waals surface area contributed by atoms with Crippen LogP contribution in [0, 0.1) is 0 Å². The molecule has 1 amide bonds. The van der Waals surface area contributed by atoms with E-state index in [1.54, 1.807) is 44.4 Å². The van der Waals surface area contributed by atoms with Gasteiger partial charge in [0.1, 0.15) is 10.8 Å². The molecule has 1 aromatic carbocycles. The van der Waals surface area contributed by atoms with Crippen molar-refractivity contribution in [2.45, 2.75) is 9.92 Å². The molecule has 0 unspecified atom stereocenters. The Kier molecular flexibility index (Phi) is 4.01. The van der Waals surface area contributed by atoms with Crippen LogP contribution in [0.1, 0.15) is 10.5 Å². The summed E-state index contributed by atoms with van der Waals surface area (Å²) in [5.74, 6) is 0.0266. The quantitative estimate of drug-likeness (QED) is 0.928. The third-order valence-corrected chi connectivity index (χ3v) is 3.22. The molecule has 0 fully saturated rings. The first-order chi connectivity index (χ1) is 9.06. The fourth-order valence-electron chi connectivity index (χ4n) is 1.39. The smallest absolute Gasteiger partial charge is 0.273 e. The maximum Gasteiger partial charge on any atom is 0.273 e. The molecule has 0 aliphatic heterocycles. The number of benzene rings is 1. The molecule has 6 heteroatoms. The number of phenols is 1. The van der Waals surface area contributed by atoms with E-state index < -0.39 is 0 Å². The van der Waals surface area contributed by atoms with Gasteiger partial charge in [-0.1, -0.05) is 17.8 Å². The van der Waals surface area contributed by atoms with Crippen molar-refractivity contribution < 1.29 is 9.90 Å². The van der Waals surface area contributed by atoms with Gasteiger partial charge in [0, 0.05) is 19.0 Å². The maximum absolute atomic E-state index is 11.6. The molecule has 19 heavy (non-hydrogen) atoms. The highest BCUT2D eigenvalue weighted by molar-refractivity contribution is 7.99. The Bertz CT molecular complexity index is 585. The monoisotopic (exact) mass is 275 g/mol. The number of aromatic nitrogens is 2. The lowest BCUT2D eigenvalue weighted by atomic mass is 10.3. The van der Waals surface area contributed by atoms with E-state index in [0.29, 0.717) is 10.7 Å². The van der Waals surface area contributed by atoms with Gasteiger partial charge >= 0.3 is 0 Å². The molecule has 98 valence electrons. The minimum Gasteiger partial charge on any atom is -0.508 e. The average molecular weight is 275 g/mol. The Balaban J connectivity index is 2.13. The van der Waals surface area contributed by atoms with E-state index in [1.807, 2.05) is 6.07 Å². The van der Waals surface area contributed by atoms with Gasteiger partial charge in [0.25, 0.3) is 5.91 Å². The summed E-state index contributed by atoms with van der Waals surface area (Å²) in [6.07, 6.45) is 0. The van der Waals surface area contributed by atoms with Crippen LogP contribution in [0.25, 0.3) is 0 Å². The fourth-order valence-corrected chi connectivity index (χ4v) is 2.17. The molecule has 1 aromatic heterocycles. The van der Waals surface area contributed by atoms with Crippen LogP contribution in [0.3, 0.4) is 0 Å². The van der Waals surface area contributed by atoms with Crippen molar-refractivity contribution in [1.82, 2.24) is 15.1 Å². The fraction of sp³-hybridized carbons (Fsp3) is 0.154. The number of carbonyl (C=O) groups is 1. The normalized spacial score (nSPS) is 10.2. The molecule has 0 saturated heterocycles. The zero-order chi connectivity index (χ0) is 13.8. The summed E-state index contributed by atoms with van der Waals surface area (Å²) in [7, 11) is 3.33. The number of phenolic OH excluding ortho intramolecular Hbond substituents is 1. The van der Waals surface area contributed by atoms with E-state index in [9.17, 15) is 9.90 Å². The highest BCUT2D eigenvalue weighted by atomic mass is 32.2. The molecule has 0 saturated carbocycles. The van der Waals surface area contributed by atoms with Crippen LogP contribution in [-0.2, 0) is 0 Å². The highest BCUT2D eigenvalue weighted by Crippen LogP contribution is 2.27. The number of nitrogens with zero attached hydrogens (tertiary/aromatic N) is 3. The molecule has 2 rings (SSSR count). The Labute approximate surface area is 115 Å². The Hall–Kier alpha value is -2.08. The second kappa shape index (κ2) is 5.71. The van der Waals surface area contributed by atoms with E-state index >= 15 is 0 Å².